The summed E-state index contributed by atoms with van der Waals surface area (Å²) >= 11 is 0. The van der Waals surface area contributed by atoms with Gasteiger partial charge in [0.15, 0.2) is 0 Å². The molecule has 1 N–H and O–H groups in total. The van der Waals surface area contributed by atoms with E-state index in [9.17, 15) is 13.5 Å². The van der Waals surface area contributed by atoms with Crippen molar-refractivity contribution in [1.29, 1.82) is 0 Å². The first kappa shape index (κ1) is 15.3. The van der Waals surface area contributed by atoms with E-state index >= 15 is 0 Å². The lowest BCUT2D eigenvalue weighted by molar-refractivity contribution is 0.240. The molecule has 6 heteroatoms. The molecule has 1 atom stereocenters. The van der Waals surface area contributed by atoms with Gasteiger partial charge in [-0.1, -0.05) is 0 Å². The molecule has 20 heavy (non-hydrogen) atoms. The molecule has 0 spiro atoms. The summed E-state index contributed by atoms with van der Waals surface area (Å²) in [6, 6.07) is 7.05. The van der Waals surface area contributed by atoms with E-state index in [1.807, 2.05) is 12.1 Å². The number of aliphatic hydroxyl groups is 1. The van der Waals surface area contributed by atoms with Crippen LogP contribution in [0.25, 0.3) is 0 Å². The van der Waals surface area contributed by atoms with Crippen LogP contribution in [-0.4, -0.2) is 51.1 Å². The Morgan fingerprint density at radius 1 is 1.25 bits per heavy atom. The van der Waals surface area contributed by atoms with Crippen molar-refractivity contribution < 1.29 is 13.5 Å². The van der Waals surface area contributed by atoms with Crippen LogP contribution in [-0.2, 0) is 10.0 Å². The van der Waals surface area contributed by atoms with Gasteiger partial charge < -0.3 is 10.0 Å². The summed E-state index contributed by atoms with van der Waals surface area (Å²) < 4.78 is 25.2. The van der Waals surface area contributed by atoms with E-state index in [1.54, 1.807) is 12.1 Å². The van der Waals surface area contributed by atoms with Gasteiger partial charge in [-0.15, -0.1) is 0 Å². The molecule has 0 radical (unpaired) electrons. The van der Waals surface area contributed by atoms with Gasteiger partial charge >= 0.3 is 0 Å². The summed E-state index contributed by atoms with van der Waals surface area (Å²) in [7, 11) is -0.331. The van der Waals surface area contributed by atoms with Crippen LogP contribution in [0.1, 0.15) is 19.3 Å². The average Bonchev–Trinajstić information content (AvgIpc) is 2.47. The number of sulfonamides is 1. The summed E-state index contributed by atoms with van der Waals surface area (Å²) in [5.74, 6) is 0. The van der Waals surface area contributed by atoms with Gasteiger partial charge in [0.2, 0.25) is 10.0 Å². The highest BCUT2D eigenvalue weighted by Crippen LogP contribution is 2.26. The molecule has 1 aliphatic heterocycles. The molecule has 0 amide bonds. The van der Waals surface area contributed by atoms with E-state index in [0.717, 1.165) is 31.5 Å². The van der Waals surface area contributed by atoms with Crippen LogP contribution >= 0.6 is 0 Å². The summed E-state index contributed by atoms with van der Waals surface area (Å²) in [4.78, 5) is 2.46. The van der Waals surface area contributed by atoms with E-state index in [-0.39, 0.29) is 12.6 Å². The summed E-state index contributed by atoms with van der Waals surface area (Å²) in [5, 5.41) is 9.44. The molecular formula is C14H22N2O3S. The molecule has 0 aliphatic carbocycles. The fourth-order valence-electron chi connectivity index (χ4n) is 2.55. The molecule has 5 nitrogen and oxygen atoms in total. The molecule has 1 heterocycles. The van der Waals surface area contributed by atoms with Crippen LogP contribution < -0.4 is 4.90 Å². The van der Waals surface area contributed by atoms with E-state index in [1.165, 1.54) is 18.4 Å². The molecular weight excluding hydrogens is 276 g/mol. The van der Waals surface area contributed by atoms with Gasteiger partial charge in [0, 0.05) is 26.3 Å². The lowest BCUT2D eigenvalue weighted by atomic mass is 10.0. The lowest BCUT2D eigenvalue weighted by Crippen LogP contribution is -2.41. The first-order valence-corrected chi connectivity index (χ1v) is 8.31. The minimum Gasteiger partial charge on any atom is -0.394 e. The zero-order chi connectivity index (χ0) is 14.8. The van der Waals surface area contributed by atoms with E-state index in [2.05, 4.69) is 4.90 Å². The second kappa shape index (κ2) is 6.11. The summed E-state index contributed by atoms with van der Waals surface area (Å²) in [5.41, 5.74) is 0.974. The first-order valence-electron chi connectivity index (χ1n) is 6.87. The molecule has 1 aromatic rings. The summed E-state index contributed by atoms with van der Waals surface area (Å²) in [6.45, 7) is 1.04. The molecule has 1 aromatic carbocycles. The van der Waals surface area contributed by atoms with Gasteiger partial charge in [-0.05, 0) is 43.5 Å². The highest BCUT2D eigenvalue weighted by Gasteiger charge is 2.23. The summed E-state index contributed by atoms with van der Waals surface area (Å²) in [6.07, 6.45) is 3.22. The molecule has 0 bridgehead atoms. The third kappa shape index (κ3) is 2.97. The lowest BCUT2D eigenvalue weighted by Gasteiger charge is -2.36. The van der Waals surface area contributed by atoms with Crippen molar-refractivity contribution in [2.24, 2.45) is 0 Å². The first-order chi connectivity index (χ1) is 9.46. The number of hydrogen-bond donors (Lipinski definition) is 1. The molecule has 2 rings (SSSR count). The number of nitrogens with zero attached hydrogens (tertiary/aromatic N) is 2. The minimum atomic E-state index is -3.38. The number of piperidine rings is 1. The van der Waals surface area contributed by atoms with Crippen LogP contribution in [0.5, 0.6) is 0 Å². The highest BCUT2D eigenvalue weighted by atomic mass is 32.2. The Kier molecular flexibility index (Phi) is 4.67. The molecule has 1 aliphatic rings. The second-order valence-corrected chi connectivity index (χ2v) is 7.46. The average molecular weight is 298 g/mol. The number of benzene rings is 1. The largest absolute Gasteiger partial charge is 0.394 e. The monoisotopic (exact) mass is 298 g/mol. The Labute approximate surface area is 120 Å². The van der Waals surface area contributed by atoms with Crippen molar-refractivity contribution in [2.75, 3.05) is 32.1 Å². The number of rotatable bonds is 4. The second-order valence-electron chi connectivity index (χ2n) is 5.31. The van der Waals surface area contributed by atoms with Crippen molar-refractivity contribution in [1.82, 2.24) is 4.31 Å². The smallest absolute Gasteiger partial charge is 0.242 e. The highest BCUT2D eigenvalue weighted by molar-refractivity contribution is 7.89. The van der Waals surface area contributed by atoms with Gasteiger partial charge in [-0.25, -0.2) is 12.7 Å². The molecule has 1 fully saturated rings. The van der Waals surface area contributed by atoms with Crippen LogP contribution in [0.4, 0.5) is 5.69 Å². The van der Waals surface area contributed by atoms with Gasteiger partial charge in [-0.2, -0.15) is 0 Å². The van der Waals surface area contributed by atoms with Crippen molar-refractivity contribution >= 4 is 15.7 Å². The topological polar surface area (TPSA) is 60.9 Å². The van der Waals surface area contributed by atoms with Gasteiger partial charge in [0.05, 0.1) is 17.5 Å². The van der Waals surface area contributed by atoms with E-state index in [0.29, 0.717) is 4.90 Å². The molecule has 1 saturated heterocycles. The molecule has 0 aromatic heterocycles. The van der Waals surface area contributed by atoms with Crippen molar-refractivity contribution in [3.63, 3.8) is 0 Å². The zero-order valence-electron chi connectivity index (χ0n) is 12.0. The Balaban J connectivity index is 2.24. The minimum absolute atomic E-state index is 0.137. The van der Waals surface area contributed by atoms with Crippen molar-refractivity contribution in [2.45, 2.75) is 30.2 Å². The van der Waals surface area contributed by atoms with Gasteiger partial charge in [0.1, 0.15) is 0 Å². The number of anilines is 1. The van der Waals surface area contributed by atoms with Crippen LogP contribution in [0.3, 0.4) is 0 Å². The van der Waals surface area contributed by atoms with Crippen molar-refractivity contribution in [3.8, 4) is 0 Å². The quantitative estimate of drug-likeness (QED) is 0.910. The standard InChI is InChI=1S/C14H22N2O3S/c1-15(2)20(18,19)14-8-6-12(7-9-14)16-10-4-3-5-13(16)11-17/h6-9,13,17H,3-5,10-11H2,1-2H3. The SMILES string of the molecule is CN(C)S(=O)(=O)c1ccc(N2CCCCC2CO)cc1. The van der Waals surface area contributed by atoms with Gasteiger partial charge in [-0.3, -0.25) is 0 Å². The maximum absolute atomic E-state index is 12.0. The normalized spacial score (nSPS) is 20.4. The Hall–Kier alpha value is -1.11. The Bertz CT molecular complexity index is 540. The zero-order valence-corrected chi connectivity index (χ0v) is 12.8. The third-order valence-electron chi connectivity index (χ3n) is 3.78. The van der Waals surface area contributed by atoms with Crippen molar-refractivity contribution in [3.05, 3.63) is 24.3 Å². The maximum atomic E-state index is 12.0. The predicted molar refractivity (Wildman–Crippen MR) is 79.4 cm³/mol. The third-order valence-corrected chi connectivity index (χ3v) is 5.61. The Morgan fingerprint density at radius 3 is 2.45 bits per heavy atom. The van der Waals surface area contributed by atoms with Crippen LogP contribution in [0.2, 0.25) is 0 Å². The van der Waals surface area contributed by atoms with Gasteiger partial charge in [0.25, 0.3) is 0 Å². The fourth-order valence-corrected chi connectivity index (χ4v) is 3.45. The molecule has 1 unspecified atom stereocenters. The molecule has 0 saturated carbocycles. The fraction of sp³-hybridized carbons (Fsp3) is 0.571. The van der Waals surface area contributed by atoms with E-state index in [4.69, 9.17) is 0 Å². The van der Waals surface area contributed by atoms with Crippen LogP contribution in [0.15, 0.2) is 29.2 Å². The predicted octanol–water partition coefficient (Wildman–Crippen LogP) is 1.29. The number of hydrogen-bond acceptors (Lipinski definition) is 4. The maximum Gasteiger partial charge on any atom is 0.242 e. The Morgan fingerprint density at radius 2 is 1.90 bits per heavy atom. The van der Waals surface area contributed by atoms with E-state index < -0.39 is 10.0 Å². The molecule has 112 valence electrons. The number of aliphatic hydroxyl groups excluding tert-OH is 1. The van der Waals surface area contributed by atoms with Crippen LogP contribution in [0, 0.1) is 0 Å².